The fraction of sp³-hybridized carbons (Fsp3) is 0.667. The Morgan fingerprint density at radius 1 is 1.40 bits per heavy atom. The highest BCUT2D eigenvalue weighted by molar-refractivity contribution is 6.07. The van der Waals surface area contributed by atoms with E-state index in [0.717, 1.165) is 4.90 Å². The van der Waals surface area contributed by atoms with Gasteiger partial charge in [0.15, 0.2) is 0 Å². The number of rotatable bonds is 5. The van der Waals surface area contributed by atoms with Crippen molar-refractivity contribution in [1.82, 2.24) is 15.1 Å². The maximum absolute atomic E-state index is 12.0. The summed E-state index contributed by atoms with van der Waals surface area (Å²) in [4.78, 5) is 48.3. The zero-order valence-electron chi connectivity index (χ0n) is 12.0. The van der Waals surface area contributed by atoms with E-state index >= 15 is 0 Å². The Hall–Kier alpha value is -2.12. The van der Waals surface area contributed by atoms with Gasteiger partial charge in [0.1, 0.15) is 12.1 Å². The topological polar surface area (TPSA) is 107 Å². The van der Waals surface area contributed by atoms with Gasteiger partial charge < -0.3 is 14.9 Å². The standard InChI is InChI=1S/C12H19N3O5/c1-7(9(17)18)5-14(4)8(16)6-15-11(20)13-10(19)12(15,2)3/h7H,5-6H2,1-4H3,(H,17,18)(H,13,19,20). The minimum atomic E-state index is -1.09. The molecule has 0 aromatic carbocycles. The lowest BCUT2D eigenvalue weighted by Gasteiger charge is -2.29. The van der Waals surface area contributed by atoms with Crippen LogP contribution in [0.4, 0.5) is 4.79 Å². The second-order valence-corrected chi connectivity index (χ2v) is 5.42. The third kappa shape index (κ3) is 3.06. The summed E-state index contributed by atoms with van der Waals surface area (Å²) in [7, 11) is 1.46. The molecule has 1 saturated heterocycles. The second kappa shape index (κ2) is 5.48. The average molecular weight is 285 g/mol. The number of hydrogen-bond acceptors (Lipinski definition) is 4. The van der Waals surface area contributed by atoms with Crippen molar-refractivity contribution in [3.05, 3.63) is 0 Å². The predicted molar refractivity (Wildman–Crippen MR) is 68.8 cm³/mol. The molecule has 8 nitrogen and oxygen atoms in total. The number of imide groups is 1. The number of amides is 4. The first-order valence-electron chi connectivity index (χ1n) is 6.17. The molecule has 2 N–H and O–H groups in total. The van der Waals surface area contributed by atoms with E-state index in [9.17, 15) is 19.2 Å². The first kappa shape index (κ1) is 15.9. The Morgan fingerprint density at radius 3 is 2.35 bits per heavy atom. The molecule has 1 fully saturated rings. The predicted octanol–water partition coefficient (Wildman–Crippen LogP) is -0.504. The fourth-order valence-electron chi connectivity index (χ4n) is 1.81. The number of hydrogen-bond donors (Lipinski definition) is 2. The zero-order chi connectivity index (χ0) is 15.7. The van der Waals surface area contributed by atoms with Crippen LogP contribution in [-0.4, -0.2) is 64.4 Å². The van der Waals surface area contributed by atoms with Crippen LogP contribution in [0.15, 0.2) is 0 Å². The van der Waals surface area contributed by atoms with Gasteiger partial charge in [0, 0.05) is 13.6 Å². The molecule has 20 heavy (non-hydrogen) atoms. The highest BCUT2D eigenvalue weighted by atomic mass is 16.4. The fourth-order valence-corrected chi connectivity index (χ4v) is 1.81. The minimum Gasteiger partial charge on any atom is -0.481 e. The van der Waals surface area contributed by atoms with Crippen molar-refractivity contribution in [3.63, 3.8) is 0 Å². The Bertz CT molecular complexity index is 460. The maximum atomic E-state index is 12.0. The quantitative estimate of drug-likeness (QED) is 0.662. The van der Waals surface area contributed by atoms with Crippen LogP contribution in [0.5, 0.6) is 0 Å². The number of nitrogens with zero attached hydrogens (tertiary/aromatic N) is 2. The van der Waals surface area contributed by atoms with Crippen LogP contribution < -0.4 is 5.32 Å². The highest BCUT2D eigenvalue weighted by Crippen LogP contribution is 2.20. The Labute approximate surface area is 116 Å². The lowest BCUT2D eigenvalue weighted by atomic mass is 10.0. The van der Waals surface area contributed by atoms with E-state index in [1.165, 1.54) is 18.9 Å². The summed E-state index contributed by atoms with van der Waals surface area (Å²) in [5.74, 6) is -2.59. The van der Waals surface area contributed by atoms with Gasteiger partial charge in [-0.3, -0.25) is 19.7 Å². The molecule has 1 aliphatic rings. The lowest BCUT2D eigenvalue weighted by Crippen LogP contribution is -2.49. The van der Waals surface area contributed by atoms with Crippen LogP contribution in [0.2, 0.25) is 0 Å². The van der Waals surface area contributed by atoms with Gasteiger partial charge in [-0.1, -0.05) is 6.92 Å². The van der Waals surface area contributed by atoms with Crippen molar-refractivity contribution in [2.45, 2.75) is 26.3 Å². The van der Waals surface area contributed by atoms with E-state index in [1.807, 2.05) is 0 Å². The number of carbonyl (C=O) groups excluding carboxylic acids is 3. The highest BCUT2D eigenvalue weighted by Gasteiger charge is 2.46. The van der Waals surface area contributed by atoms with E-state index in [2.05, 4.69) is 5.32 Å². The van der Waals surface area contributed by atoms with Gasteiger partial charge in [-0.25, -0.2) is 4.79 Å². The van der Waals surface area contributed by atoms with E-state index in [4.69, 9.17) is 5.11 Å². The summed E-state index contributed by atoms with van der Waals surface area (Å²) in [6, 6.07) is -0.618. The number of carbonyl (C=O) groups is 4. The first-order valence-corrected chi connectivity index (χ1v) is 6.17. The first-order chi connectivity index (χ1) is 9.07. The third-order valence-electron chi connectivity index (χ3n) is 3.38. The summed E-state index contributed by atoms with van der Waals surface area (Å²) >= 11 is 0. The molecule has 0 saturated carbocycles. The van der Waals surface area contributed by atoms with Crippen LogP contribution in [0, 0.1) is 5.92 Å². The van der Waals surface area contributed by atoms with Crippen molar-refractivity contribution >= 4 is 23.8 Å². The normalized spacial score (nSPS) is 18.7. The SMILES string of the molecule is CC(CN(C)C(=O)CN1C(=O)NC(=O)C1(C)C)C(=O)O. The molecule has 1 unspecified atom stereocenters. The van der Waals surface area contributed by atoms with E-state index in [1.54, 1.807) is 13.8 Å². The van der Waals surface area contributed by atoms with Crippen LogP contribution in [-0.2, 0) is 14.4 Å². The number of carboxylic acids is 1. The summed E-state index contributed by atoms with van der Waals surface area (Å²) in [6.07, 6.45) is 0. The molecule has 1 atom stereocenters. The molecule has 0 aliphatic carbocycles. The largest absolute Gasteiger partial charge is 0.481 e. The summed E-state index contributed by atoms with van der Waals surface area (Å²) < 4.78 is 0. The van der Waals surface area contributed by atoms with Gasteiger partial charge >= 0.3 is 12.0 Å². The average Bonchev–Trinajstić information content (AvgIpc) is 2.51. The molecule has 0 spiro atoms. The van der Waals surface area contributed by atoms with Gasteiger partial charge in [-0.05, 0) is 13.8 Å². The molecule has 0 bridgehead atoms. The molecule has 112 valence electrons. The van der Waals surface area contributed by atoms with Crippen molar-refractivity contribution < 1.29 is 24.3 Å². The van der Waals surface area contributed by atoms with E-state index < -0.39 is 35.3 Å². The smallest absolute Gasteiger partial charge is 0.325 e. The Kier molecular flexibility index (Phi) is 4.36. The number of urea groups is 1. The molecule has 1 rings (SSSR count). The molecular formula is C12H19N3O5. The Balaban J connectivity index is 2.69. The van der Waals surface area contributed by atoms with Crippen LogP contribution >= 0.6 is 0 Å². The van der Waals surface area contributed by atoms with Gasteiger partial charge in [0.25, 0.3) is 5.91 Å². The molecule has 0 aromatic rings. The third-order valence-corrected chi connectivity index (χ3v) is 3.38. The monoisotopic (exact) mass is 285 g/mol. The van der Waals surface area contributed by atoms with Crippen molar-refractivity contribution in [2.24, 2.45) is 5.92 Å². The number of aliphatic carboxylic acids is 1. The molecule has 0 radical (unpaired) electrons. The van der Waals surface area contributed by atoms with Crippen LogP contribution in [0.3, 0.4) is 0 Å². The van der Waals surface area contributed by atoms with Gasteiger partial charge in [-0.15, -0.1) is 0 Å². The number of likely N-dealkylation sites (N-methyl/N-ethyl adjacent to an activating group) is 1. The molecule has 8 heteroatoms. The molecule has 4 amide bonds. The summed E-state index contributed by atoms with van der Waals surface area (Å²) in [5.41, 5.74) is -1.09. The van der Waals surface area contributed by atoms with Crippen molar-refractivity contribution in [2.75, 3.05) is 20.1 Å². The second-order valence-electron chi connectivity index (χ2n) is 5.42. The summed E-state index contributed by atoms with van der Waals surface area (Å²) in [5, 5.41) is 10.9. The van der Waals surface area contributed by atoms with E-state index in [-0.39, 0.29) is 13.1 Å². The van der Waals surface area contributed by atoms with Crippen molar-refractivity contribution in [3.8, 4) is 0 Å². The van der Waals surface area contributed by atoms with Gasteiger partial charge in [0.2, 0.25) is 5.91 Å². The number of nitrogens with one attached hydrogen (secondary N) is 1. The van der Waals surface area contributed by atoms with Crippen molar-refractivity contribution in [1.29, 1.82) is 0 Å². The lowest BCUT2D eigenvalue weighted by molar-refractivity contribution is -0.142. The summed E-state index contributed by atoms with van der Waals surface area (Å²) in [6.45, 7) is 4.34. The molecule has 0 aromatic heterocycles. The Morgan fingerprint density at radius 2 is 1.95 bits per heavy atom. The molecule has 1 heterocycles. The zero-order valence-corrected chi connectivity index (χ0v) is 12.0. The number of carboxylic acid groups (broad SMARTS) is 1. The van der Waals surface area contributed by atoms with Gasteiger partial charge in [-0.2, -0.15) is 0 Å². The van der Waals surface area contributed by atoms with Gasteiger partial charge in [0.05, 0.1) is 5.92 Å². The maximum Gasteiger partial charge on any atom is 0.325 e. The van der Waals surface area contributed by atoms with E-state index in [0.29, 0.717) is 0 Å². The van der Waals surface area contributed by atoms with Crippen LogP contribution in [0.1, 0.15) is 20.8 Å². The van der Waals surface area contributed by atoms with Crippen LogP contribution in [0.25, 0.3) is 0 Å². The molecular weight excluding hydrogens is 266 g/mol. The minimum absolute atomic E-state index is 0.0397. The molecule has 1 aliphatic heterocycles.